The minimum Gasteiger partial charge on any atom is -0.404 e. The summed E-state index contributed by atoms with van der Waals surface area (Å²) in [7, 11) is 1.49. The molecule has 3 aromatic rings. The zero-order valence-electron chi connectivity index (χ0n) is 18.6. The third kappa shape index (κ3) is 4.53. The van der Waals surface area contributed by atoms with Gasteiger partial charge in [-0.15, -0.1) is 0 Å². The lowest BCUT2D eigenvalue weighted by molar-refractivity contribution is -0.109. The maximum Gasteiger partial charge on any atom is 0.227 e. The van der Waals surface area contributed by atoms with Gasteiger partial charge in [-0.2, -0.15) is 10.4 Å². The molecule has 3 rings (SSSR count). The van der Waals surface area contributed by atoms with Gasteiger partial charge < -0.3 is 11.5 Å². The lowest BCUT2D eigenvalue weighted by atomic mass is 9.88. The van der Waals surface area contributed by atoms with E-state index in [1.54, 1.807) is 43.3 Å². The predicted molar refractivity (Wildman–Crippen MR) is 134 cm³/mol. The van der Waals surface area contributed by atoms with Crippen LogP contribution in [-0.4, -0.2) is 31.4 Å². The topological polar surface area (TPSA) is 130 Å². The Balaban J connectivity index is 2.27. The van der Waals surface area contributed by atoms with Crippen molar-refractivity contribution in [3.05, 3.63) is 87.3 Å². The van der Waals surface area contributed by atoms with Crippen molar-refractivity contribution in [1.82, 2.24) is 5.43 Å². The molecule has 34 heavy (non-hydrogen) atoms. The van der Waals surface area contributed by atoms with Crippen molar-refractivity contribution in [3.63, 3.8) is 0 Å². The van der Waals surface area contributed by atoms with E-state index in [-0.39, 0.29) is 23.4 Å². The van der Waals surface area contributed by atoms with Gasteiger partial charge in [0.2, 0.25) is 6.41 Å². The fourth-order valence-electron chi connectivity index (χ4n) is 3.79. The molecule has 0 heterocycles. The summed E-state index contributed by atoms with van der Waals surface area (Å²) in [5.74, 6) is -0.604. The molecule has 3 aromatic carbocycles. The van der Waals surface area contributed by atoms with E-state index in [0.717, 1.165) is 0 Å². The molecule has 0 aliphatic carbocycles. The first kappa shape index (κ1) is 24.6. The molecule has 0 saturated carbocycles. The molecule has 9 heteroatoms. The fraction of sp³-hybridized carbons (Fsp3) is 0.120. The summed E-state index contributed by atoms with van der Waals surface area (Å²) in [6.07, 6.45) is 1.71. The number of hydrogen-bond acceptors (Lipinski definition) is 6. The van der Waals surface area contributed by atoms with Gasteiger partial charge in [-0.1, -0.05) is 35.9 Å². The van der Waals surface area contributed by atoms with Crippen molar-refractivity contribution in [1.29, 1.82) is 5.26 Å². The minimum atomic E-state index is -0.604. The maximum absolute atomic E-state index is 15.4. The number of halogens is 2. The van der Waals surface area contributed by atoms with Gasteiger partial charge in [-0.05, 0) is 41.6 Å². The number of nitrogens with zero attached hydrogens (tertiary/aromatic N) is 3. The van der Waals surface area contributed by atoms with E-state index in [1.807, 2.05) is 0 Å². The van der Waals surface area contributed by atoms with Gasteiger partial charge in [-0.25, -0.2) is 9.82 Å². The van der Waals surface area contributed by atoms with Gasteiger partial charge in [0.25, 0.3) is 0 Å². The number of fused-ring (bicyclic) bond motifs is 1. The Labute approximate surface area is 201 Å². The number of nitriles is 1. The van der Waals surface area contributed by atoms with Crippen molar-refractivity contribution >= 4 is 45.8 Å². The van der Waals surface area contributed by atoms with Crippen LogP contribution in [0.25, 0.3) is 16.3 Å². The Bertz CT molecular complexity index is 1400. The third-order valence-electron chi connectivity index (χ3n) is 5.41. The van der Waals surface area contributed by atoms with Crippen LogP contribution < -0.4 is 16.9 Å². The average Bonchev–Trinajstić information content (AvgIpc) is 2.84. The number of rotatable bonds is 7. The van der Waals surface area contributed by atoms with Gasteiger partial charge in [0.05, 0.1) is 22.6 Å². The van der Waals surface area contributed by atoms with E-state index in [4.69, 9.17) is 23.1 Å². The smallest absolute Gasteiger partial charge is 0.227 e. The van der Waals surface area contributed by atoms with Crippen LogP contribution >= 0.6 is 11.6 Å². The zero-order chi connectivity index (χ0) is 24.8. The highest BCUT2D eigenvalue weighted by molar-refractivity contribution is 6.35. The molecule has 0 fully saturated rings. The number of amides is 1. The highest BCUT2D eigenvalue weighted by atomic mass is 35.5. The quantitative estimate of drug-likeness (QED) is 0.273. The fourth-order valence-corrected chi connectivity index (χ4v) is 4.01. The van der Waals surface area contributed by atoms with Crippen LogP contribution in [0.3, 0.4) is 0 Å². The van der Waals surface area contributed by atoms with Crippen molar-refractivity contribution in [2.45, 2.75) is 6.92 Å². The number of allylic oxidation sites excluding steroid dienone is 1. The molecule has 0 aliphatic rings. The highest BCUT2D eigenvalue weighted by Crippen LogP contribution is 2.32. The molecule has 0 atom stereocenters. The van der Waals surface area contributed by atoms with Crippen molar-refractivity contribution in [2.75, 3.05) is 13.6 Å². The van der Waals surface area contributed by atoms with Crippen molar-refractivity contribution in [2.24, 2.45) is 21.6 Å². The average molecular weight is 477 g/mol. The van der Waals surface area contributed by atoms with Crippen molar-refractivity contribution in [3.8, 4) is 6.07 Å². The Morgan fingerprint density at radius 1 is 1.29 bits per heavy atom. The third-order valence-corrected chi connectivity index (χ3v) is 5.80. The van der Waals surface area contributed by atoms with E-state index in [9.17, 15) is 10.1 Å². The van der Waals surface area contributed by atoms with E-state index >= 15 is 4.39 Å². The normalized spacial score (nSPS) is 12.5. The summed E-state index contributed by atoms with van der Waals surface area (Å²) >= 11 is 6.50. The Morgan fingerprint density at radius 3 is 2.65 bits per heavy atom. The maximum atomic E-state index is 15.4. The summed E-state index contributed by atoms with van der Waals surface area (Å²) in [6.45, 7) is 1.81. The number of carbonyl (C=O) groups excluding carboxylic acids is 1. The van der Waals surface area contributed by atoms with Gasteiger partial charge in [0.15, 0.2) is 0 Å². The first-order valence-electron chi connectivity index (χ1n) is 10.2. The van der Waals surface area contributed by atoms with Crippen LogP contribution in [0.4, 0.5) is 4.39 Å². The SMILES string of the molecule is CN=C(/C(=C\N)c1cc(Cl)c(C)c(/C(CN)=N\NC=O)c1)c1c(F)cc2ccccc2c1C#N. The van der Waals surface area contributed by atoms with Crippen LogP contribution in [0.5, 0.6) is 0 Å². The lowest BCUT2D eigenvalue weighted by Gasteiger charge is -2.17. The monoisotopic (exact) mass is 476 g/mol. The number of nitrogens with one attached hydrogen (secondary N) is 1. The number of carbonyl (C=O) groups is 1. The van der Waals surface area contributed by atoms with Crippen LogP contribution in [0, 0.1) is 24.1 Å². The standard InChI is InChI=1S/C25H22ClFN6O/c1-14-18(23(12-30)33-32-13-34)7-16(8-21(14)26)19(10-28)25(31-2)24-20(11-29)17-6-4-3-5-15(17)9-22(24)27/h3-10,13H,12,28,30H2,1-2H3,(H,32,34)/b19-10-,31-25?,33-23-. The second-order valence-electron chi connectivity index (χ2n) is 7.23. The lowest BCUT2D eigenvalue weighted by Crippen LogP contribution is -2.21. The first-order chi connectivity index (χ1) is 16.4. The van der Waals surface area contributed by atoms with Gasteiger partial charge in [0.1, 0.15) is 11.9 Å². The summed E-state index contributed by atoms with van der Waals surface area (Å²) in [5.41, 5.74) is 17.0. The number of nitrogens with two attached hydrogens (primary N) is 2. The second-order valence-corrected chi connectivity index (χ2v) is 7.64. The largest absolute Gasteiger partial charge is 0.404 e. The number of hydrazone groups is 1. The predicted octanol–water partition coefficient (Wildman–Crippen LogP) is 3.64. The molecular formula is C25H22ClFN6O. The molecule has 7 nitrogen and oxygen atoms in total. The van der Waals surface area contributed by atoms with E-state index in [0.29, 0.717) is 50.2 Å². The molecule has 0 aromatic heterocycles. The van der Waals surface area contributed by atoms with Crippen LogP contribution in [0.2, 0.25) is 5.02 Å². The van der Waals surface area contributed by atoms with E-state index in [1.165, 1.54) is 19.3 Å². The molecule has 172 valence electrons. The molecule has 1 amide bonds. The summed E-state index contributed by atoms with van der Waals surface area (Å²) in [6, 6.07) is 13.9. The van der Waals surface area contributed by atoms with Gasteiger partial charge in [0, 0.05) is 41.3 Å². The molecule has 0 unspecified atom stereocenters. The van der Waals surface area contributed by atoms with Crippen molar-refractivity contribution < 1.29 is 9.18 Å². The summed E-state index contributed by atoms with van der Waals surface area (Å²) in [4.78, 5) is 15.0. The van der Waals surface area contributed by atoms with Crippen LogP contribution in [-0.2, 0) is 4.79 Å². The summed E-state index contributed by atoms with van der Waals surface area (Å²) < 4.78 is 15.4. The molecule has 0 bridgehead atoms. The molecule has 0 radical (unpaired) electrons. The Morgan fingerprint density at radius 2 is 2.03 bits per heavy atom. The molecule has 0 saturated heterocycles. The highest BCUT2D eigenvalue weighted by Gasteiger charge is 2.23. The van der Waals surface area contributed by atoms with E-state index < -0.39 is 5.82 Å². The van der Waals surface area contributed by atoms with Gasteiger partial charge >= 0.3 is 0 Å². The second kappa shape index (κ2) is 10.7. The van der Waals surface area contributed by atoms with Crippen LogP contribution in [0.1, 0.15) is 27.8 Å². The molecule has 0 spiro atoms. The summed E-state index contributed by atoms with van der Waals surface area (Å²) in [5, 5.41) is 15.5. The number of hydrogen-bond donors (Lipinski definition) is 3. The van der Waals surface area contributed by atoms with Crippen LogP contribution in [0.15, 0.2) is 58.8 Å². The van der Waals surface area contributed by atoms with E-state index in [2.05, 4.69) is 21.6 Å². The van der Waals surface area contributed by atoms with Gasteiger partial charge in [-0.3, -0.25) is 9.79 Å². The molecular weight excluding hydrogens is 455 g/mol. The molecule has 5 N–H and O–H groups in total. The first-order valence-corrected chi connectivity index (χ1v) is 10.6. The number of benzene rings is 3. The minimum absolute atomic E-state index is 0.0236. The Kier molecular flexibility index (Phi) is 7.74. The zero-order valence-corrected chi connectivity index (χ0v) is 19.3. The Hall–Kier alpha value is -4.06. The molecule has 0 aliphatic heterocycles. The number of aliphatic imine (C=N–C) groups is 1.